The van der Waals surface area contributed by atoms with Crippen LogP contribution in [-0.2, 0) is 0 Å². The van der Waals surface area contributed by atoms with Gasteiger partial charge in [0, 0.05) is 29.7 Å². The third kappa shape index (κ3) is 4.56. The molecule has 0 spiro atoms. The molecule has 0 amide bonds. The Hall–Kier alpha value is -3.07. The summed E-state index contributed by atoms with van der Waals surface area (Å²) in [5.74, 6) is 0.380. The van der Waals surface area contributed by atoms with Crippen molar-refractivity contribution in [3.8, 4) is 10.4 Å². The highest BCUT2D eigenvalue weighted by Gasteiger charge is 2.22. The summed E-state index contributed by atoms with van der Waals surface area (Å²) in [6.07, 6.45) is 3.20. The van der Waals surface area contributed by atoms with Crippen molar-refractivity contribution in [2.24, 2.45) is 0 Å². The molecule has 8 nitrogen and oxygen atoms in total. The van der Waals surface area contributed by atoms with Gasteiger partial charge in [0.1, 0.15) is 0 Å². The first-order valence-corrected chi connectivity index (χ1v) is 9.13. The molecule has 0 saturated carbocycles. The molecule has 0 aliphatic carbocycles. The van der Waals surface area contributed by atoms with Gasteiger partial charge in [-0.1, -0.05) is 11.3 Å². The van der Waals surface area contributed by atoms with Crippen LogP contribution in [0.15, 0.2) is 36.7 Å². The van der Waals surface area contributed by atoms with Crippen LogP contribution in [0.25, 0.3) is 10.4 Å². The largest absolute Gasteiger partial charge is 0.357 e. The Morgan fingerprint density at radius 3 is 2.52 bits per heavy atom. The molecule has 0 saturated heterocycles. The first-order valence-electron chi connectivity index (χ1n) is 8.31. The predicted octanol–water partition coefficient (Wildman–Crippen LogP) is 4.77. The van der Waals surface area contributed by atoms with Gasteiger partial charge in [0.05, 0.1) is 21.1 Å². The van der Waals surface area contributed by atoms with E-state index in [9.17, 15) is 10.1 Å². The van der Waals surface area contributed by atoms with Gasteiger partial charge in [0.2, 0.25) is 5.95 Å². The van der Waals surface area contributed by atoms with Crippen molar-refractivity contribution in [3.05, 3.63) is 52.5 Å². The van der Waals surface area contributed by atoms with Gasteiger partial charge in [0.25, 0.3) is 5.69 Å². The quantitative estimate of drug-likeness (QED) is 0.482. The minimum absolute atomic E-state index is 0.00462. The van der Waals surface area contributed by atoms with Gasteiger partial charge in [-0.2, -0.15) is 0 Å². The van der Waals surface area contributed by atoms with E-state index in [2.05, 4.69) is 25.6 Å². The Bertz CT molecular complexity index is 966. The molecule has 3 aromatic rings. The lowest BCUT2D eigenvalue weighted by Crippen LogP contribution is -2.25. The summed E-state index contributed by atoms with van der Waals surface area (Å²) in [5, 5.41) is 18.7. The van der Waals surface area contributed by atoms with Gasteiger partial charge in [0.15, 0.2) is 5.13 Å². The fourth-order valence-electron chi connectivity index (χ4n) is 2.47. The highest BCUT2D eigenvalue weighted by atomic mass is 32.1. The Balaban J connectivity index is 1.97. The van der Waals surface area contributed by atoms with E-state index < -0.39 is 0 Å². The van der Waals surface area contributed by atoms with Crippen molar-refractivity contribution in [3.63, 3.8) is 0 Å². The van der Waals surface area contributed by atoms with Crippen molar-refractivity contribution >= 4 is 33.8 Å². The van der Waals surface area contributed by atoms with E-state index in [1.165, 1.54) is 17.4 Å². The van der Waals surface area contributed by atoms with E-state index >= 15 is 0 Å². The molecule has 1 aromatic carbocycles. The summed E-state index contributed by atoms with van der Waals surface area (Å²) in [4.78, 5) is 24.7. The van der Waals surface area contributed by atoms with Crippen molar-refractivity contribution in [2.75, 3.05) is 10.6 Å². The maximum absolute atomic E-state index is 11.7. The number of thiazole rings is 1. The number of aromatic nitrogens is 3. The van der Waals surface area contributed by atoms with Crippen LogP contribution in [0, 0.1) is 17.0 Å². The summed E-state index contributed by atoms with van der Waals surface area (Å²) in [7, 11) is 0. The maximum Gasteiger partial charge on any atom is 0.280 e. The van der Waals surface area contributed by atoms with E-state index in [0.29, 0.717) is 17.2 Å². The zero-order valence-corrected chi connectivity index (χ0v) is 16.3. The summed E-state index contributed by atoms with van der Waals surface area (Å²) >= 11 is 1.41. The molecular weight excluding hydrogens is 364 g/mol. The second kappa shape index (κ2) is 7.28. The smallest absolute Gasteiger partial charge is 0.280 e. The molecule has 0 atom stereocenters. The molecule has 27 heavy (non-hydrogen) atoms. The number of nitro benzene ring substituents is 1. The number of nitrogens with one attached hydrogen (secondary N) is 2. The van der Waals surface area contributed by atoms with Crippen molar-refractivity contribution < 1.29 is 4.92 Å². The van der Waals surface area contributed by atoms with Crippen LogP contribution in [-0.4, -0.2) is 25.4 Å². The number of nitrogens with zero attached hydrogens (tertiary/aromatic N) is 4. The predicted molar refractivity (Wildman–Crippen MR) is 108 cm³/mol. The first-order chi connectivity index (χ1) is 12.7. The van der Waals surface area contributed by atoms with Crippen molar-refractivity contribution in [1.82, 2.24) is 15.0 Å². The fourth-order valence-corrected chi connectivity index (χ4v) is 3.67. The summed E-state index contributed by atoms with van der Waals surface area (Å²) < 4.78 is 0. The van der Waals surface area contributed by atoms with Gasteiger partial charge >= 0.3 is 0 Å². The van der Waals surface area contributed by atoms with E-state index in [-0.39, 0.29) is 16.1 Å². The minimum atomic E-state index is -0.387. The third-order valence-corrected chi connectivity index (χ3v) is 4.65. The van der Waals surface area contributed by atoms with Crippen LogP contribution in [0.5, 0.6) is 0 Å². The Morgan fingerprint density at radius 2 is 1.89 bits per heavy atom. The van der Waals surface area contributed by atoms with Crippen LogP contribution in [0.3, 0.4) is 0 Å². The van der Waals surface area contributed by atoms with Crippen LogP contribution >= 0.6 is 11.3 Å². The van der Waals surface area contributed by atoms with Gasteiger partial charge in [-0.15, -0.1) is 0 Å². The highest BCUT2D eigenvalue weighted by molar-refractivity contribution is 7.19. The average molecular weight is 384 g/mol. The van der Waals surface area contributed by atoms with Crippen LogP contribution in [0.4, 0.5) is 22.5 Å². The number of benzene rings is 1. The zero-order valence-electron chi connectivity index (χ0n) is 15.5. The number of aryl methyl sites for hydroxylation is 1. The summed E-state index contributed by atoms with van der Waals surface area (Å²) in [5.41, 5.74) is 1.70. The van der Waals surface area contributed by atoms with E-state index in [0.717, 1.165) is 15.7 Å². The van der Waals surface area contributed by atoms with Crippen molar-refractivity contribution in [1.29, 1.82) is 0 Å². The molecule has 2 heterocycles. The second-order valence-corrected chi connectivity index (χ2v) is 7.99. The number of nitro groups is 1. The molecule has 0 fully saturated rings. The summed E-state index contributed by atoms with van der Waals surface area (Å²) in [6, 6.07) is 6.69. The standard InChI is InChI=1S/C18H20N6O2S/c1-11-15(27-17(21-11)23-18(2,3)4)13-7-6-12(10-14(13)24(25)26)22-16-19-8-5-9-20-16/h5-10H,1-4H3,(H,21,23)(H,19,20,22). The minimum Gasteiger partial charge on any atom is -0.357 e. The SMILES string of the molecule is Cc1nc(NC(C)(C)C)sc1-c1ccc(Nc2ncccn2)cc1[N+](=O)[O-]. The highest BCUT2D eigenvalue weighted by Crippen LogP contribution is 2.40. The van der Waals surface area contributed by atoms with Crippen LogP contribution < -0.4 is 10.6 Å². The first kappa shape index (κ1) is 18.7. The molecule has 0 bridgehead atoms. The molecule has 140 valence electrons. The van der Waals surface area contributed by atoms with E-state index in [1.54, 1.807) is 30.6 Å². The van der Waals surface area contributed by atoms with E-state index in [4.69, 9.17) is 0 Å². The van der Waals surface area contributed by atoms with Crippen LogP contribution in [0.1, 0.15) is 26.5 Å². The molecular formula is C18H20N6O2S. The van der Waals surface area contributed by atoms with Crippen molar-refractivity contribution in [2.45, 2.75) is 33.2 Å². The topological polar surface area (TPSA) is 106 Å². The molecule has 0 aliphatic rings. The number of hydrogen-bond donors (Lipinski definition) is 2. The van der Waals surface area contributed by atoms with Gasteiger partial charge in [-0.05, 0) is 45.9 Å². The molecule has 0 radical (unpaired) electrons. The van der Waals surface area contributed by atoms with E-state index in [1.807, 2.05) is 27.7 Å². The number of anilines is 3. The Kier molecular flexibility index (Phi) is 5.04. The van der Waals surface area contributed by atoms with Gasteiger partial charge in [-0.25, -0.2) is 15.0 Å². The molecule has 0 aliphatic heterocycles. The lowest BCUT2D eigenvalue weighted by Gasteiger charge is -2.19. The lowest BCUT2D eigenvalue weighted by molar-refractivity contribution is -0.384. The number of rotatable bonds is 5. The average Bonchev–Trinajstić information content (AvgIpc) is 2.94. The van der Waals surface area contributed by atoms with Gasteiger partial charge < -0.3 is 10.6 Å². The normalized spacial score (nSPS) is 11.3. The zero-order chi connectivity index (χ0) is 19.6. The molecule has 2 N–H and O–H groups in total. The van der Waals surface area contributed by atoms with Gasteiger partial charge in [-0.3, -0.25) is 10.1 Å². The molecule has 9 heteroatoms. The Labute approximate surface area is 160 Å². The maximum atomic E-state index is 11.7. The number of hydrogen-bond acceptors (Lipinski definition) is 8. The Morgan fingerprint density at radius 1 is 1.19 bits per heavy atom. The summed E-state index contributed by atoms with van der Waals surface area (Å²) in [6.45, 7) is 7.97. The second-order valence-electron chi connectivity index (χ2n) is 6.99. The molecule has 2 aromatic heterocycles. The van der Waals surface area contributed by atoms with Crippen LogP contribution in [0.2, 0.25) is 0 Å². The lowest BCUT2D eigenvalue weighted by atomic mass is 10.1. The fraction of sp³-hybridized carbons (Fsp3) is 0.278. The molecule has 0 unspecified atom stereocenters. The molecule has 3 rings (SSSR count). The monoisotopic (exact) mass is 384 g/mol. The third-order valence-electron chi connectivity index (χ3n) is 3.54.